The molecule has 0 aromatic heterocycles. The minimum absolute atomic E-state index is 0.00680. The molecule has 4 heteroatoms. The number of halogens is 2. The Balaban J connectivity index is 2.40. The second kappa shape index (κ2) is 5.06. The van der Waals surface area contributed by atoms with E-state index >= 15 is 0 Å². The largest absolute Gasteiger partial charge is 0.466 e. The van der Waals surface area contributed by atoms with Crippen LogP contribution in [0.5, 0.6) is 0 Å². The Morgan fingerprint density at radius 1 is 1.38 bits per heavy atom. The lowest BCUT2D eigenvalue weighted by molar-refractivity contribution is -0.149. The van der Waals surface area contributed by atoms with Gasteiger partial charge in [-0.3, -0.25) is 4.79 Å². The summed E-state index contributed by atoms with van der Waals surface area (Å²) in [7, 11) is 0. The van der Waals surface area contributed by atoms with Crippen molar-refractivity contribution in [1.29, 1.82) is 0 Å². The van der Waals surface area contributed by atoms with Gasteiger partial charge in [0.25, 0.3) is 0 Å². The molecule has 0 N–H and O–H groups in total. The summed E-state index contributed by atoms with van der Waals surface area (Å²) in [4.78, 5) is 11.3. The molecule has 0 aromatic carbocycles. The SMILES string of the molecule is CCOC(=O)[C@H]1CC[C@@H](Cl)[C@H](Cl)C1. The van der Waals surface area contributed by atoms with E-state index in [-0.39, 0.29) is 22.6 Å². The van der Waals surface area contributed by atoms with Crippen molar-refractivity contribution >= 4 is 29.2 Å². The van der Waals surface area contributed by atoms with Gasteiger partial charge in [0.05, 0.1) is 17.9 Å². The predicted octanol–water partition coefficient (Wildman–Crippen LogP) is 2.56. The van der Waals surface area contributed by atoms with Gasteiger partial charge in [-0.25, -0.2) is 0 Å². The Hall–Kier alpha value is 0.0500. The van der Waals surface area contributed by atoms with Gasteiger partial charge >= 0.3 is 5.97 Å². The van der Waals surface area contributed by atoms with Gasteiger partial charge in [0, 0.05) is 5.38 Å². The van der Waals surface area contributed by atoms with Crippen LogP contribution in [0.15, 0.2) is 0 Å². The van der Waals surface area contributed by atoms with Crippen LogP contribution in [-0.2, 0) is 9.53 Å². The summed E-state index contributed by atoms with van der Waals surface area (Å²) in [5, 5.41) is -0.0860. The fraction of sp³-hybridized carbons (Fsp3) is 0.889. The van der Waals surface area contributed by atoms with Crippen molar-refractivity contribution in [2.24, 2.45) is 5.92 Å². The van der Waals surface area contributed by atoms with Gasteiger partial charge in [-0.05, 0) is 26.2 Å². The highest BCUT2D eigenvalue weighted by atomic mass is 35.5. The summed E-state index contributed by atoms with van der Waals surface area (Å²) in [6.45, 7) is 2.25. The Morgan fingerprint density at radius 2 is 2.08 bits per heavy atom. The maximum atomic E-state index is 11.3. The topological polar surface area (TPSA) is 26.3 Å². The van der Waals surface area contributed by atoms with Crippen LogP contribution in [0.4, 0.5) is 0 Å². The highest BCUT2D eigenvalue weighted by molar-refractivity contribution is 6.30. The summed E-state index contributed by atoms with van der Waals surface area (Å²) in [6.07, 6.45) is 2.25. The molecule has 0 aliphatic heterocycles. The van der Waals surface area contributed by atoms with Crippen molar-refractivity contribution in [2.75, 3.05) is 6.61 Å². The van der Waals surface area contributed by atoms with Crippen molar-refractivity contribution in [3.63, 3.8) is 0 Å². The molecule has 0 spiro atoms. The van der Waals surface area contributed by atoms with Crippen LogP contribution in [-0.4, -0.2) is 23.3 Å². The van der Waals surface area contributed by atoms with E-state index in [4.69, 9.17) is 27.9 Å². The summed E-state index contributed by atoms with van der Waals surface area (Å²) >= 11 is 11.9. The first-order chi connectivity index (χ1) is 6.15. The van der Waals surface area contributed by atoms with Gasteiger partial charge in [0.15, 0.2) is 0 Å². The van der Waals surface area contributed by atoms with Gasteiger partial charge in [-0.15, -0.1) is 23.2 Å². The van der Waals surface area contributed by atoms with E-state index in [0.717, 1.165) is 12.8 Å². The third-order valence-corrected chi connectivity index (χ3v) is 3.45. The van der Waals surface area contributed by atoms with Crippen LogP contribution in [0.2, 0.25) is 0 Å². The van der Waals surface area contributed by atoms with Gasteiger partial charge in [0.2, 0.25) is 0 Å². The third-order valence-electron chi connectivity index (χ3n) is 2.31. The van der Waals surface area contributed by atoms with Gasteiger partial charge in [-0.2, -0.15) is 0 Å². The summed E-state index contributed by atoms with van der Waals surface area (Å²) < 4.78 is 4.92. The molecule has 1 fully saturated rings. The average Bonchev–Trinajstić information content (AvgIpc) is 2.10. The number of hydrogen-bond donors (Lipinski definition) is 0. The first-order valence-corrected chi connectivity index (χ1v) is 5.47. The first kappa shape index (κ1) is 11.1. The number of ether oxygens (including phenoxy) is 1. The van der Waals surface area contributed by atoms with Gasteiger partial charge < -0.3 is 4.74 Å². The quantitative estimate of drug-likeness (QED) is 0.533. The Labute approximate surface area is 88.5 Å². The van der Waals surface area contributed by atoms with Crippen molar-refractivity contribution < 1.29 is 9.53 Å². The molecule has 0 radical (unpaired) electrons. The van der Waals surface area contributed by atoms with E-state index in [1.807, 2.05) is 6.92 Å². The molecule has 1 saturated carbocycles. The van der Waals surface area contributed by atoms with Gasteiger partial charge in [-0.1, -0.05) is 0 Å². The van der Waals surface area contributed by atoms with Crippen LogP contribution in [0, 0.1) is 5.92 Å². The highest BCUT2D eigenvalue weighted by Gasteiger charge is 2.32. The average molecular weight is 225 g/mol. The summed E-state index contributed by atoms with van der Waals surface area (Å²) in [5.74, 6) is -0.172. The van der Waals surface area contributed by atoms with E-state index in [1.54, 1.807) is 0 Å². The van der Waals surface area contributed by atoms with E-state index in [0.29, 0.717) is 13.0 Å². The zero-order valence-corrected chi connectivity index (χ0v) is 9.14. The second-order valence-electron chi connectivity index (χ2n) is 3.29. The standard InChI is InChI=1S/C9H14Cl2O2/c1-2-13-9(12)6-3-4-7(10)8(11)5-6/h6-8H,2-5H2,1H3/t6-,7+,8+/m0/s1. The first-order valence-electron chi connectivity index (χ1n) is 4.60. The maximum absolute atomic E-state index is 11.3. The Bertz CT molecular complexity index is 184. The zero-order chi connectivity index (χ0) is 9.84. The molecule has 2 nitrogen and oxygen atoms in total. The number of carbonyl (C=O) groups is 1. The molecule has 1 rings (SSSR count). The monoisotopic (exact) mass is 224 g/mol. The van der Waals surface area contributed by atoms with Crippen molar-refractivity contribution in [2.45, 2.75) is 36.9 Å². The fourth-order valence-corrected chi connectivity index (χ4v) is 2.12. The van der Waals surface area contributed by atoms with Crippen LogP contribution in [0.1, 0.15) is 26.2 Å². The van der Waals surface area contributed by atoms with E-state index in [9.17, 15) is 4.79 Å². The van der Waals surface area contributed by atoms with Crippen LogP contribution in [0.25, 0.3) is 0 Å². The number of rotatable bonds is 2. The molecular weight excluding hydrogens is 211 g/mol. The van der Waals surface area contributed by atoms with Crippen molar-refractivity contribution in [3.8, 4) is 0 Å². The summed E-state index contributed by atoms with van der Waals surface area (Å²) in [5.41, 5.74) is 0. The molecule has 13 heavy (non-hydrogen) atoms. The number of alkyl halides is 2. The number of carbonyl (C=O) groups excluding carboxylic acids is 1. The van der Waals surface area contributed by atoms with E-state index in [1.165, 1.54) is 0 Å². The van der Waals surface area contributed by atoms with E-state index < -0.39 is 0 Å². The molecule has 3 atom stereocenters. The lowest BCUT2D eigenvalue weighted by Crippen LogP contribution is -2.31. The normalized spacial score (nSPS) is 34.2. The molecule has 0 bridgehead atoms. The lowest BCUT2D eigenvalue weighted by atomic mass is 9.88. The maximum Gasteiger partial charge on any atom is 0.308 e. The van der Waals surface area contributed by atoms with Crippen molar-refractivity contribution in [3.05, 3.63) is 0 Å². The molecule has 1 aliphatic carbocycles. The Morgan fingerprint density at radius 3 is 2.62 bits per heavy atom. The minimum atomic E-state index is -0.128. The molecule has 0 aromatic rings. The van der Waals surface area contributed by atoms with Crippen LogP contribution >= 0.6 is 23.2 Å². The number of esters is 1. The molecule has 0 unspecified atom stereocenters. The van der Waals surface area contributed by atoms with Crippen LogP contribution < -0.4 is 0 Å². The Kier molecular flexibility index (Phi) is 4.33. The third kappa shape index (κ3) is 3.03. The molecule has 76 valence electrons. The van der Waals surface area contributed by atoms with Crippen molar-refractivity contribution in [1.82, 2.24) is 0 Å². The van der Waals surface area contributed by atoms with Crippen LogP contribution in [0.3, 0.4) is 0 Å². The van der Waals surface area contributed by atoms with Gasteiger partial charge in [0.1, 0.15) is 0 Å². The molecule has 0 saturated heterocycles. The molecule has 0 amide bonds. The second-order valence-corrected chi connectivity index (χ2v) is 4.42. The number of hydrogen-bond acceptors (Lipinski definition) is 2. The fourth-order valence-electron chi connectivity index (χ4n) is 1.55. The minimum Gasteiger partial charge on any atom is -0.466 e. The lowest BCUT2D eigenvalue weighted by Gasteiger charge is -2.27. The smallest absolute Gasteiger partial charge is 0.308 e. The zero-order valence-electron chi connectivity index (χ0n) is 7.63. The molecule has 0 heterocycles. The van der Waals surface area contributed by atoms with E-state index in [2.05, 4.69) is 0 Å². The molecule has 1 aliphatic rings. The summed E-state index contributed by atoms with van der Waals surface area (Å²) in [6, 6.07) is 0. The predicted molar refractivity (Wildman–Crippen MR) is 53.3 cm³/mol. The highest BCUT2D eigenvalue weighted by Crippen LogP contribution is 2.32. The molecular formula is C9H14Cl2O2.